The molecule has 0 saturated carbocycles. The van der Waals surface area contributed by atoms with Gasteiger partial charge in [0, 0.05) is 18.6 Å². The van der Waals surface area contributed by atoms with Crippen LogP contribution in [0.5, 0.6) is 0 Å². The Balaban J connectivity index is 1.50. The summed E-state index contributed by atoms with van der Waals surface area (Å²) in [5.74, 6) is 0. The van der Waals surface area contributed by atoms with E-state index in [9.17, 15) is 10.2 Å². The summed E-state index contributed by atoms with van der Waals surface area (Å²) >= 11 is 0. The summed E-state index contributed by atoms with van der Waals surface area (Å²) in [6.07, 6.45) is 9.68. The second kappa shape index (κ2) is 11.2. The number of aliphatic hydroxyl groups excluding tert-OH is 2. The van der Waals surface area contributed by atoms with E-state index >= 15 is 0 Å². The summed E-state index contributed by atoms with van der Waals surface area (Å²) in [7, 11) is 0. The van der Waals surface area contributed by atoms with E-state index in [1.165, 1.54) is 5.56 Å². The largest absolute Gasteiger partial charge is 0.395 e. The van der Waals surface area contributed by atoms with Crippen molar-refractivity contribution in [3.05, 3.63) is 59.7 Å². The highest BCUT2D eigenvalue weighted by Crippen LogP contribution is 2.30. The number of rotatable bonds is 12. The normalized spacial score (nSPS) is 19.8. The van der Waals surface area contributed by atoms with Crippen molar-refractivity contribution in [3.8, 4) is 0 Å². The van der Waals surface area contributed by atoms with E-state index in [1.54, 1.807) is 0 Å². The van der Waals surface area contributed by atoms with Gasteiger partial charge >= 0.3 is 0 Å². The predicted octanol–water partition coefficient (Wildman–Crippen LogP) is 2.47. The molecule has 138 valence electrons. The Morgan fingerprint density at radius 2 is 1.92 bits per heavy atom. The molecule has 0 fully saturated rings. The summed E-state index contributed by atoms with van der Waals surface area (Å²) in [6.45, 7) is 3.36. The average molecular weight is 345 g/mol. The lowest BCUT2D eigenvalue weighted by Crippen LogP contribution is -2.38. The van der Waals surface area contributed by atoms with Gasteiger partial charge in [-0.3, -0.25) is 0 Å². The molecule has 1 aromatic rings. The molecule has 0 aliphatic heterocycles. The second-order valence-corrected chi connectivity index (χ2v) is 6.77. The zero-order valence-electron chi connectivity index (χ0n) is 15.0. The van der Waals surface area contributed by atoms with Crippen LogP contribution < -0.4 is 5.32 Å². The first-order chi connectivity index (χ1) is 12.3. The van der Waals surface area contributed by atoms with Gasteiger partial charge in [0.1, 0.15) is 0 Å². The van der Waals surface area contributed by atoms with E-state index in [0.717, 1.165) is 51.1 Å². The van der Waals surface area contributed by atoms with Gasteiger partial charge in [0.25, 0.3) is 0 Å². The van der Waals surface area contributed by atoms with Crippen LogP contribution in [-0.2, 0) is 11.2 Å². The number of unbranched alkanes of at least 4 members (excludes halogenated alkanes) is 1. The van der Waals surface area contributed by atoms with Crippen molar-refractivity contribution >= 4 is 0 Å². The number of hydrogen-bond acceptors (Lipinski definition) is 4. The van der Waals surface area contributed by atoms with Crippen LogP contribution in [0.3, 0.4) is 0 Å². The lowest BCUT2D eigenvalue weighted by molar-refractivity contribution is 0.132. The minimum absolute atomic E-state index is 0.0619. The van der Waals surface area contributed by atoms with Crippen molar-refractivity contribution in [2.75, 3.05) is 39.5 Å². The molecule has 1 aromatic carbocycles. The third-order valence-corrected chi connectivity index (χ3v) is 4.63. The average Bonchev–Trinajstić information content (AvgIpc) is 2.67. The van der Waals surface area contributed by atoms with Gasteiger partial charge in [0.05, 0.1) is 19.8 Å². The van der Waals surface area contributed by atoms with Crippen molar-refractivity contribution in [1.82, 2.24) is 5.32 Å². The molecule has 3 N–H and O–H groups in total. The highest BCUT2D eigenvalue weighted by Gasteiger charge is 2.28. The van der Waals surface area contributed by atoms with Gasteiger partial charge in [-0.2, -0.15) is 0 Å². The zero-order chi connectivity index (χ0) is 17.8. The van der Waals surface area contributed by atoms with Crippen molar-refractivity contribution in [2.24, 2.45) is 5.41 Å². The van der Waals surface area contributed by atoms with Crippen LogP contribution in [0.1, 0.15) is 24.8 Å². The van der Waals surface area contributed by atoms with Crippen molar-refractivity contribution in [2.45, 2.75) is 25.7 Å². The summed E-state index contributed by atoms with van der Waals surface area (Å²) in [5.41, 5.74) is 2.01. The first-order valence-electron chi connectivity index (χ1n) is 9.19. The molecule has 0 radical (unpaired) electrons. The van der Waals surface area contributed by atoms with Crippen LogP contribution in [0.2, 0.25) is 0 Å². The molecule has 25 heavy (non-hydrogen) atoms. The standard InChI is InChI=1S/C21H31NO3/c23-16-20-9-6-11-21(15-20,18-24)17-22-12-4-5-13-25-14-10-19-7-2-1-3-8-19/h1-3,6-9,11,22-24H,4-5,10,12-18H2. The Hall–Kier alpha value is -1.46. The third kappa shape index (κ3) is 7.12. The van der Waals surface area contributed by atoms with Gasteiger partial charge in [0.15, 0.2) is 0 Å². The Morgan fingerprint density at radius 3 is 2.68 bits per heavy atom. The summed E-state index contributed by atoms with van der Waals surface area (Å²) in [4.78, 5) is 0. The fraction of sp³-hybridized carbons (Fsp3) is 0.524. The summed E-state index contributed by atoms with van der Waals surface area (Å²) in [5, 5.41) is 22.4. The Morgan fingerprint density at radius 1 is 1.08 bits per heavy atom. The van der Waals surface area contributed by atoms with E-state index < -0.39 is 0 Å². The Kier molecular flexibility index (Phi) is 8.91. The molecule has 1 aliphatic carbocycles. The summed E-state index contributed by atoms with van der Waals surface area (Å²) < 4.78 is 5.69. The first-order valence-corrected chi connectivity index (χ1v) is 9.19. The molecule has 0 saturated heterocycles. The highest BCUT2D eigenvalue weighted by atomic mass is 16.5. The van der Waals surface area contributed by atoms with Gasteiger partial charge in [-0.15, -0.1) is 0 Å². The van der Waals surface area contributed by atoms with E-state index in [2.05, 4.69) is 29.6 Å². The van der Waals surface area contributed by atoms with E-state index in [4.69, 9.17) is 4.74 Å². The highest BCUT2D eigenvalue weighted by molar-refractivity contribution is 5.24. The molecule has 1 aliphatic rings. The van der Waals surface area contributed by atoms with Crippen LogP contribution in [0.25, 0.3) is 0 Å². The molecule has 0 amide bonds. The molecule has 1 atom stereocenters. The van der Waals surface area contributed by atoms with Crippen molar-refractivity contribution < 1.29 is 14.9 Å². The Labute approximate surface area is 151 Å². The summed E-state index contributed by atoms with van der Waals surface area (Å²) in [6, 6.07) is 10.4. The SMILES string of the molecule is OCC1=CC=CC(CO)(CNCCCCOCCc2ccccc2)C1. The molecule has 1 unspecified atom stereocenters. The lowest BCUT2D eigenvalue weighted by Gasteiger charge is -2.32. The topological polar surface area (TPSA) is 61.7 Å². The molecule has 4 nitrogen and oxygen atoms in total. The number of hydrogen-bond donors (Lipinski definition) is 3. The number of aliphatic hydroxyl groups is 2. The molecule has 2 rings (SSSR count). The molecule has 0 aromatic heterocycles. The van der Waals surface area contributed by atoms with Gasteiger partial charge in [-0.1, -0.05) is 48.6 Å². The fourth-order valence-electron chi connectivity index (χ4n) is 3.08. The van der Waals surface area contributed by atoms with Gasteiger partial charge < -0.3 is 20.3 Å². The third-order valence-electron chi connectivity index (χ3n) is 4.63. The van der Waals surface area contributed by atoms with E-state index in [1.807, 2.05) is 24.3 Å². The van der Waals surface area contributed by atoms with Gasteiger partial charge in [-0.25, -0.2) is 0 Å². The molecule has 0 spiro atoms. The maximum Gasteiger partial charge on any atom is 0.0645 e. The lowest BCUT2D eigenvalue weighted by atomic mass is 9.79. The molecule has 0 bridgehead atoms. The number of nitrogens with one attached hydrogen (secondary N) is 1. The molecule has 4 heteroatoms. The molecule has 0 heterocycles. The number of allylic oxidation sites excluding steroid dienone is 2. The minimum Gasteiger partial charge on any atom is -0.395 e. The molecular formula is C21H31NO3. The smallest absolute Gasteiger partial charge is 0.0645 e. The molecular weight excluding hydrogens is 314 g/mol. The van der Waals surface area contributed by atoms with Crippen LogP contribution in [-0.4, -0.2) is 49.7 Å². The van der Waals surface area contributed by atoms with Gasteiger partial charge in [0.2, 0.25) is 0 Å². The predicted molar refractivity (Wildman–Crippen MR) is 102 cm³/mol. The van der Waals surface area contributed by atoms with Crippen LogP contribution in [0, 0.1) is 5.41 Å². The van der Waals surface area contributed by atoms with Crippen LogP contribution in [0.4, 0.5) is 0 Å². The number of ether oxygens (including phenoxy) is 1. The Bertz CT molecular complexity index is 541. The van der Waals surface area contributed by atoms with Crippen molar-refractivity contribution in [1.29, 1.82) is 0 Å². The second-order valence-electron chi connectivity index (χ2n) is 6.77. The van der Waals surface area contributed by atoms with Crippen LogP contribution >= 0.6 is 0 Å². The van der Waals surface area contributed by atoms with Gasteiger partial charge in [-0.05, 0) is 43.4 Å². The minimum atomic E-state index is -0.279. The van der Waals surface area contributed by atoms with Crippen molar-refractivity contribution in [3.63, 3.8) is 0 Å². The first kappa shape index (κ1) is 19.9. The number of benzene rings is 1. The van der Waals surface area contributed by atoms with E-state index in [0.29, 0.717) is 6.42 Å². The maximum absolute atomic E-state index is 9.73. The zero-order valence-corrected chi connectivity index (χ0v) is 15.0. The maximum atomic E-state index is 9.73. The monoisotopic (exact) mass is 345 g/mol. The quantitative estimate of drug-likeness (QED) is 0.509. The van der Waals surface area contributed by atoms with Crippen LogP contribution in [0.15, 0.2) is 54.1 Å². The van der Waals surface area contributed by atoms with E-state index in [-0.39, 0.29) is 18.6 Å². The fourth-order valence-corrected chi connectivity index (χ4v) is 3.08.